The van der Waals surface area contributed by atoms with Crippen molar-refractivity contribution in [3.63, 3.8) is 0 Å². The average molecular weight is 441 g/mol. The van der Waals surface area contributed by atoms with E-state index in [1.807, 2.05) is 34.6 Å². The summed E-state index contributed by atoms with van der Waals surface area (Å²) in [5, 5.41) is 0. The molecule has 2 aromatic rings. The summed E-state index contributed by atoms with van der Waals surface area (Å²) in [7, 11) is -7.90. The molecule has 0 radical (unpaired) electrons. The van der Waals surface area contributed by atoms with Gasteiger partial charge in [0.25, 0.3) is 20.2 Å². The summed E-state index contributed by atoms with van der Waals surface area (Å²) >= 11 is 0. The monoisotopic (exact) mass is 440 g/mol. The first-order valence-electron chi connectivity index (χ1n) is 9.23. The van der Waals surface area contributed by atoms with Crippen molar-refractivity contribution < 1.29 is 25.2 Å². The Morgan fingerprint density at radius 3 is 1.28 bits per heavy atom. The predicted octanol–water partition coefficient (Wildman–Crippen LogP) is 4.08. The molecule has 0 aromatic heterocycles. The molecule has 29 heavy (non-hydrogen) atoms. The molecule has 0 spiro atoms. The van der Waals surface area contributed by atoms with Gasteiger partial charge in [-0.05, 0) is 43.5 Å². The maximum atomic E-state index is 12.4. The van der Waals surface area contributed by atoms with Crippen molar-refractivity contribution in [3.05, 3.63) is 59.7 Å². The van der Waals surface area contributed by atoms with E-state index in [1.54, 1.807) is 24.3 Å². The minimum absolute atomic E-state index is 0.0592. The first kappa shape index (κ1) is 23.5. The van der Waals surface area contributed by atoms with Gasteiger partial charge in [0, 0.05) is 5.92 Å². The van der Waals surface area contributed by atoms with E-state index in [1.165, 1.54) is 24.3 Å². The summed E-state index contributed by atoms with van der Waals surface area (Å²) < 4.78 is 60.2. The first-order chi connectivity index (χ1) is 13.3. The summed E-state index contributed by atoms with van der Waals surface area (Å²) in [6.07, 6.45) is 0. The zero-order chi connectivity index (χ0) is 21.9. The molecule has 0 aliphatic rings. The van der Waals surface area contributed by atoms with Gasteiger partial charge in [0.2, 0.25) is 0 Å². The second-order valence-corrected chi connectivity index (χ2v) is 11.4. The van der Waals surface area contributed by atoms with Crippen LogP contribution in [0, 0.1) is 25.2 Å². The molecule has 6 nitrogen and oxygen atoms in total. The van der Waals surface area contributed by atoms with Crippen LogP contribution in [0.3, 0.4) is 0 Å². The van der Waals surface area contributed by atoms with E-state index < -0.39 is 31.6 Å². The first-order valence-corrected chi connectivity index (χ1v) is 12.1. The summed E-state index contributed by atoms with van der Waals surface area (Å²) in [6.45, 7) is 8.97. The van der Waals surface area contributed by atoms with Gasteiger partial charge in [0.15, 0.2) is 0 Å². The molecule has 0 aliphatic heterocycles. The Balaban J connectivity index is 2.10. The van der Waals surface area contributed by atoms with Crippen molar-refractivity contribution in [2.75, 3.05) is 13.2 Å². The molecule has 0 N–H and O–H groups in total. The molecule has 0 bridgehead atoms. The lowest BCUT2D eigenvalue weighted by Gasteiger charge is -2.29. The van der Waals surface area contributed by atoms with Crippen molar-refractivity contribution in [1.82, 2.24) is 0 Å². The molecule has 2 rings (SSSR count). The van der Waals surface area contributed by atoms with Crippen molar-refractivity contribution in [1.29, 1.82) is 0 Å². The molecule has 0 heterocycles. The smallest absolute Gasteiger partial charge is 0.266 e. The van der Waals surface area contributed by atoms with Crippen LogP contribution < -0.4 is 0 Å². The van der Waals surface area contributed by atoms with Gasteiger partial charge >= 0.3 is 0 Å². The highest BCUT2D eigenvalue weighted by Gasteiger charge is 2.30. The highest BCUT2D eigenvalue weighted by atomic mass is 32.2. The third-order valence-electron chi connectivity index (χ3n) is 4.69. The number of benzene rings is 2. The molecular formula is C21H28O6S2. The highest BCUT2D eigenvalue weighted by Crippen LogP contribution is 2.29. The van der Waals surface area contributed by atoms with Crippen LogP contribution in [0.5, 0.6) is 0 Å². The number of hydrogen-bond donors (Lipinski definition) is 0. The van der Waals surface area contributed by atoms with Gasteiger partial charge in [-0.2, -0.15) is 16.8 Å². The standard InChI is InChI=1S/C21H28O6S2/c1-16-6-10-19(11-7-16)28(22,23)26-14-18(21(3,4)5)15-27-29(24,25)20-12-8-17(2)9-13-20/h6-13,18H,14-15H2,1-5H3. The van der Waals surface area contributed by atoms with Crippen LogP contribution in [0.25, 0.3) is 0 Å². The van der Waals surface area contributed by atoms with Gasteiger partial charge in [-0.3, -0.25) is 8.37 Å². The van der Waals surface area contributed by atoms with Gasteiger partial charge in [-0.15, -0.1) is 0 Å². The molecule has 0 saturated heterocycles. The Morgan fingerprint density at radius 1 is 0.690 bits per heavy atom. The van der Waals surface area contributed by atoms with Crippen molar-refractivity contribution in [2.45, 2.75) is 44.4 Å². The predicted molar refractivity (Wildman–Crippen MR) is 112 cm³/mol. The van der Waals surface area contributed by atoms with E-state index >= 15 is 0 Å². The largest absolute Gasteiger partial charge is 0.296 e. The van der Waals surface area contributed by atoms with Gasteiger partial charge in [-0.1, -0.05) is 56.2 Å². The third kappa shape index (κ3) is 6.64. The van der Waals surface area contributed by atoms with Crippen LogP contribution in [0.2, 0.25) is 0 Å². The Labute approximate surface area is 174 Å². The van der Waals surface area contributed by atoms with Gasteiger partial charge < -0.3 is 0 Å². The molecule has 0 saturated carbocycles. The molecule has 0 atom stereocenters. The lowest BCUT2D eigenvalue weighted by Crippen LogP contribution is -2.31. The van der Waals surface area contributed by atoms with E-state index in [-0.39, 0.29) is 23.0 Å². The lowest BCUT2D eigenvalue weighted by atomic mass is 9.82. The van der Waals surface area contributed by atoms with Crippen LogP contribution in [0.4, 0.5) is 0 Å². The lowest BCUT2D eigenvalue weighted by molar-refractivity contribution is 0.0980. The zero-order valence-electron chi connectivity index (χ0n) is 17.4. The molecular weight excluding hydrogens is 412 g/mol. The van der Waals surface area contributed by atoms with Crippen LogP contribution in [-0.2, 0) is 28.6 Å². The minimum atomic E-state index is -3.95. The molecule has 8 heteroatoms. The van der Waals surface area contributed by atoms with Crippen molar-refractivity contribution >= 4 is 20.2 Å². The maximum Gasteiger partial charge on any atom is 0.296 e. The fourth-order valence-corrected chi connectivity index (χ4v) is 4.34. The fourth-order valence-electron chi connectivity index (χ4n) is 2.44. The van der Waals surface area contributed by atoms with Crippen molar-refractivity contribution in [3.8, 4) is 0 Å². The topological polar surface area (TPSA) is 86.7 Å². The highest BCUT2D eigenvalue weighted by molar-refractivity contribution is 7.87. The molecule has 0 amide bonds. The number of hydrogen-bond acceptors (Lipinski definition) is 6. The molecule has 0 fully saturated rings. The second-order valence-electron chi connectivity index (χ2n) is 8.17. The normalized spacial score (nSPS) is 13.0. The summed E-state index contributed by atoms with van der Waals surface area (Å²) in [5.74, 6) is -0.469. The Hall–Kier alpha value is -1.74. The maximum absolute atomic E-state index is 12.4. The molecule has 0 unspecified atom stereocenters. The van der Waals surface area contributed by atoms with E-state index in [0.717, 1.165) is 11.1 Å². The zero-order valence-corrected chi connectivity index (χ0v) is 19.0. The third-order valence-corrected chi connectivity index (χ3v) is 7.28. The Bertz CT molecular complexity index is 937. The van der Waals surface area contributed by atoms with Crippen LogP contribution in [0.1, 0.15) is 31.9 Å². The van der Waals surface area contributed by atoms with E-state index in [2.05, 4.69) is 0 Å². The van der Waals surface area contributed by atoms with Gasteiger partial charge in [0.1, 0.15) is 0 Å². The summed E-state index contributed by atoms with van der Waals surface area (Å²) in [5.41, 5.74) is 1.43. The Morgan fingerprint density at radius 2 is 1.00 bits per heavy atom. The molecule has 0 aliphatic carbocycles. The fraction of sp³-hybridized carbons (Fsp3) is 0.429. The van der Waals surface area contributed by atoms with Gasteiger partial charge in [0.05, 0.1) is 23.0 Å². The molecule has 160 valence electrons. The summed E-state index contributed by atoms with van der Waals surface area (Å²) in [6, 6.07) is 12.7. The van der Waals surface area contributed by atoms with Crippen LogP contribution in [0.15, 0.2) is 58.3 Å². The van der Waals surface area contributed by atoms with E-state index in [4.69, 9.17) is 8.37 Å². The number of aryl methyl sites for hydroxylation is 2. The SMILES string of the molecule is Cc1ccc(S(=O)(=O)OCC(COS(=O)(=O)c2ccc(C)cc2)C(C)(C)C)cc1. The Kier molecular flexibility index (Phi) is 7.27. The van der Waals surface area contributed by atoms with Crippen LogP contribution in [-0.4, -0.2) is 30.0 Å². The summed E-state index contributed by atoms with van der Waals surface area (Å²) in [4.78, 5) is 0.118. The minimum Gasteiger partial charge on any atom is -0.266 e. The second kappa shape index (κ2) is 8.95. The van der Waals surface area contributed by atoms with E-state index in [9.17, 15) is 16.8 Å². The average Bonchev–Trinajstić information content (AvgIpc) is 2.61. The quantitative estimate of drug-likeness (QED) is 0.575. The van der Waals surface area contributed by atoms with Gasteiger partial charge in [-0.25, -0.2) is 0 Å². The van der Waals surface area contributed by atoms with Crippen LogP contribution >= 0.6 is 0 Å². The van der Waals surface area contributed by atoms with Crippen molar-refractivity contribution in [2.24, 2.45) is 11.3 Å². The van der Waals surface area contributed by atoms with E-state index in [0.29, 0.717) is 0 Å². The molecule has 2 aromatic carbocycles. The number of rotatable bonds is 8.